The zero-order chi connectivity index (χ0) is 16.6. The van der Waals surface area contributed by atoms with E-state index in [0.717, 1.165) is 65.2 Å². The smallest absolute Gasteiger partial charge is 0.317 e. The largest absolute Gasteiger partial charge is 0.357 e. The highest BCUT2D eigenvalue weighted by Gasteiger charge is 2.44. The molecule has 3 amide bonds. The molecule has 3 aliphatic rings. The zero-order valence-electron chi connectivity index (χ0n) is 14.0. The number of nitrogens with one attached hydrogen (secondary N) is 2. The molecule has 0 radical (unpaired) electrons. The van der Waals surface area contributed by atoms with Gasteiger partial charge in [-0.3, -0.25) is 4.79 Å². The van der Waals surface area contributed by atoms with Crippen molar-refractivity contribution < 1.29 is 9.59 Å². The first-order valence-corrected chi connectivity index (χ1v) is 8.83. The molecule has 130 valence electrons. The van der Waals surface area contributed by atoms with Crippen LogP contribution in [-0.4, -0.2) is 84.0 Å². The number of carbonyl (C=O) groups excluding carboxylic acids is 2. The maximum atomic E-state index is 12.5. The number of hydrogen-bond acceptors (Lipinski definition) is 3. The molecule has 1 spiro atoms. The average Bonchev–Trinajstić information content (AvgIpc) is 3.35. The monoisotopic (exact) mass is 331 g/mol. The van der Waals surface area contributed by atoms with E-state index in [9.17, 15) is 9.59 Å². The molecule has 0 bridgehead atoms. The molecule has 4 rings (SSSR count). The van der Waals surface area contributed by atoms with Crippen LogP contribution < -0.4 is 5.32 Å². The summed E-state index contributed by atoms with van der Waals surface area (Å²) >= 11 is 0. The van der Waals surface area contributed by atoms with Gasteiger partial charge in [0.15, 0.2) is 0 Å². The van der Waals surface area contributed by atoms with Crippen LogP contribution in [-0.2, 0) is 0 Å². The highest BCUT2D eigenvalue weighted by molar-refractivity contribution is 5.92. The van der Waals surface area contributed by atoms with Crippen molar-refractivity contribution in [1.82, 2.24) is 25.0 Å². The van der Waals surface area contributed by atoms with Crippen molar-refractivity contribution in [2.24, 2.45) is 5.41 Å². The molecule has 1 aromatic rings. The minimum absolute atomic E-state index is 0.0625. The van der Waals surface area contributed by atoms with Gasteiger partial charge < -0.3 is 25.0 Å². The van der Waals surface area contributed by atoms with Gasteiger partial charge in [0.05, 0.1) is 0 Å². The van der Waals surface area contributed by atoms with E-state index in [2.05, 4.69) is 15.2 Å². The molecule has 1 aromatic heterocycles. The van der Waals surface area contributed by atoms with E-state index in [1.165, 1.54) is 0 Å². The number of aromatic nitrogens is 1. The van der Waals surface area contributed by atoms with Crippen LogP contribution in [0.3, 0.4) is 0 Å². The van der Waals surface area contributed by atoms with E-state index >= 15 is 0 Å². The Morgan fingerprint density at radius 2 is 2.04 bits per heavy atom. The van der Waals surface area contributed by atoms with Gasteiger partial charge in [-0.1, -0.05) is 0 Å². The van der Waals surface area contributed by atoms with Crippen LogP contribution in [0.1, 0.15) is 23.3 Å². The molecule has 24 heavy (non-hydrogen) atoms. The van der Waals surface area contributed by atoms with Crippen LogP contribution in [0.25, 0.3) is 0 Å². The lowest BCUT2D eigenvalue weighted by atomic mass is 9.86. The van der Waals surface area contributed by atoms with Gasteiger partial charge in [0.2, 0.25) is 0 Å². The number of nitrogens with zero attached hydrogens (tertiary/aromatic N) is 3. The fourth-order valence-electron chi connectivity index (χ4n) is 4.28. The van der Waals surface area contributed by atoms with Crippen molar-refractivity contribution in [3.63, 3.8) is 0 Å². The summed E-state index contributed by atoms with van der Waals surface area (Å²) in [5.74, 6) is 0.115. The first-order chi connectivity index (χ1) is 11.7. The van der Waals surface area contributed by atoms with Gasteiger partial charge in [0.25, 0.3) is 5.91 Å². The zero-order valence-corrected chi connectivity index (χ0v) is 14.0. The predicted octanol–water partition coefficient (Wildman–Crippen LogP) is 0.578. The second-order valence-electron chi connectivity index (χ2n) is 7.31. The molecule has 4 heterocycles. The molecule has 0 aliphatic carbocycles. The lowest BCUT2D eigenvalue weighted by Gasteiger charge is -2.25. The van der Waals surface area contributed by atoms with Crippen molar-refractivity contribution >= 4 is 11.9 Å². The van der Waals surface area contributed by atoms with E-state index in [0.29, 0.717) is 5.69 Å². The average molecular weight is 331 g/mol. The SMILES string of the molecule is O=C1NCCN1CCN1CCC2(CCN(C(=O)c3ccc[nH]3)C2)C1. The summed E-state index contributed by atoms with van der Waals surface area (Å²) in [4.78, 5) is 33.4. The Hall–Kier alpha value is -2.02. The summed E-state index contributed by atoms with van der Waals surface area (Å²) in [6.07, 6.45) is 4.03. The molecular formula is C17H25N5O2. The fraction of sp³-hybridized carbons (Fsp3) is 0.647. The Morgan fingerprint density at radius 1 is 1.17 bits per heavy atom. The van der Waals surface area contributed by atoms with E-state index < -0.39 is 0 Å². The third-order valence-electron chi connectivity index (χ3n) is 5.70. The van der Waals surface area contributed by atoms with Gasteiger partial charge in [-0.05, 0) is 31.5 Å². The Balaban J connectivity index is 1.30. The van der Waals surface area contributed by atoms with Crippen molar-refractivity contribution in [3.8, 4) is 0 Å². The number of urea groups is 1. The van der Waals surface area contributed by atoms with Gasteiger partial charge >= 0.3 is 6.03 Å². The molecule has 0 saturated carbocycles. The quantitative estimate of drug-likeness (QED) is 0.848. The second-order valence-corrected chi connectivity index (χ2v) is 7.31. The molecular weight excluding hydrogens is 306 g/mol. The third-order valence-corrected chi connectivity index (χ3v) is 5.70. The number of hydrogen-bond donors (Lipinski definition) is 2. The summed E-state index contributed by atoms with van der Waals surface area (Å²) in [6.45, 7) is 7.12. The fourth-order valence-corrected chi connectivity index (χ4v) is 4.28. The van der Waals surface area contributed by atoms with E-state index in [4.69, 9.17) is 0 Å². The Kier molecular flexibility index (Phi) is 3.96. The van der Waals surface area contributed by atoms with Crippen LogP contribution in [0.2, 0.25) is 0 Å². The van der Waals surface area contributed by atoms with Crippen molar-refractivity contribution in [3.05, 3.63) is 24.0 Å². The number of likely N-dealkylation sites (tertiary alicyclic amines) is 2. The molecule has 3 saturated heterocycles. The Bertz CT molecular complexity index is 617. The molecule has 7 nitrogen and oxygen atoms in total. The second kappa shape index (κ2) is 6.12. The number of H-pyrrole nitrogens is 1. The highest BCUT2D eigenvalue weighted by Crippen LogP contribution is 2.39. The van der Waals surface area contributed by atoms with Gasteiger partial charge in [-0.15, -0.1) is 0 Å². The maximum Gasteiger partial charge on any atom is 0.317 e. The van der Waals surface area contributed by atoms with E-state index in [-0.39, 0.29) is 17.4 Å². The summed E-state index contributed by atoms with van der Waals surface area (Å²) in [6, 6.07) is 3.77. The minimum Gasteiger partial charge on any atom is -0.357 e. The third kappa shape index (κ3) is 2.88. The van der Waals surface area contributed by atoms with Gasteiger partial charge in [-0.2, -0.15) is 0 Å². The number of rotatable bonds is 4. The minimum atomic E-state index is 0.0625. The summed E-state index contributed by atoms with van der Waals surface area (Å²) in [5.41, 5.74) is 0.928. The van der Waals surface area contributed by atoms with Crippen LogP contribution in [0.15, 0.2) is 18.3 Å². The summed E-state index contributed by atoms with van der Waals surface area (Å²) in [5, 5.41) is 2.85. The summed E-state index contributed by atoms with van der Waals surface area (Å²) in [7, 11) is 0. The molecule has 1 atom stereocenters. The van der Waals surface area contributed by atoms with Crippen molar-refractivity contribution in [2.45, 2.75) is 12.8 Å². The standard InChI is InChI=1S/C17H25N5O2/c23-15(14-2-1-5-18-14)22-8-4-17(13-22)3-7-20(12-17)10-11-21-9-6-19-16(21)24/h1-2,5,18H,3-4,6-13H2,(H,19,24). The first kappa shape index (κ1) is 15.5. The highest BCUT2D eigenvalue weighted by atomic mass is 16.2. The topological polar surface area (TPSA) is 71.7 Å². The van der Waals surface area contributed by atoms with Crippen LogP contribution >= 0.6 is 0 Å². The molecule has 0 aromatic carbocycles. The van der Waals surface area contributed by atoms with Crippen LogP contribution in [0, 0.1) is 5.41 Å². The molecule has 7 heteroatoms. The predicted molar refractivity (Wildman–Crippen MR) is 89.8 cm³/mol. The van der Waals surface area contributed by atoms with Crippen LogP contribution in [0.4, 0.5) is 4.79 Å². The van der Waals surface area contributed by atoms with Crippen LogP contribution in [0.5, 0.6) is 0 Å². The van der Waals surface area contributed by atoms with E-state index in [1.807, 2.05) is 21.9 Å². The lowest BCUT2D eigenvalue weighted by Crippen LogP contribution is -2.38. The Morgan fingerprint density at radius 3 is 2.79 bits per heavy atom. The lowest BCUT2D eigenvalue weighted by molar-refractivity contribution is 0.0768. The van der Waals surface area contributed by atoms with E-state index in [1.54, 1.807) is 6.20 Å². The molecule has 3 fully saturated rings. The van der Waals surface area contributed by atoms with Gasteiger partial charge in [0, 0.05) is 57.4 Å². The molecule has 3 aliphatic heterocycles. The number of carbonyl (C=O) groups is 2. The van der Waals surface area contributed by atoms with Gasteiger partial charge in [0.1, 0.15) is 5.69 Å². The molecule has 2 N–H and O–H groups in total. The summed E-state index contributed by atoms with van der Waals surface area (Å²) < 4.78 is 0. The van der Waals surface area contributed by atoms with Crippen molar-refractivity contribution in [2.75, 3.05) is 52.4 Å². The number of amides is 3. The first-order valence-electron chi connectivity index (χ1n) is 8.83. The molecule has 1 unspecified atom stereocenters. The number of aromatic amines is 1. The Labute approximate surface area is 142 Å². The van der Waals surface area contributed by atoms with Crippen molar-refractivity contribution in [1.29, 1.82) is 0 Å². The normalized spacial score (nSPS) is 27.4. The maximum absolute atomic E-state index is 12.5. The van der Waals surface area contributed by atoms with Gasteiger partial charge in [-0.25, -0.2) is 4.79 Å².